The largest absolute Gasteiger partial charge is 0.471 e. The predicted octanol–water partition coefficient (Wildman–Crippen LogP) is 4.87. The van der Waals surface area contributed by atoms with Crippen molar-refractivity contribution < 1.29 is 13.9 Å². The number of anilines is 1. The number of ether oxygens (including phenoxy) is 1. The summed E-state index contributed by atoms with van der Waals surface area (Å²) in [5.74, 6) is -0.222. The summed E-state index contributed by atoms with van der Waals surface area (Å²) in [6, 6.07) is 9.65. The molecule has 1 amide bonds. The zero-order valence-corrected chi connectivity index (χ0v) is 19.2. The molecule has 4 aromatic rings. The van der Waals surface area contributed by atoms with Gasteiger partial charge in [0.15, 0.2) is 12.4 Å². The molecule has 8 nitrogen and oxygen atoms in total. The molecule has 2 aromatic heterocycles. The summed E-state index contributed by atoms with van der Waals surface area (Å²) in [6.45, 7) is 3.99. The summed E-state index contributed by atoms with van der Waals surface area (Å²) in [5.41, 5.74) is 2.27. The zero-order valence-electron chi connectivity index (χ0n) is 17.7. The molecular weight excluding hydrogens is 470 g/mol. The second-order valence-corrected chi connectivity index (χ2v) is 8.09. The van der Waals surface area contributed by atoms with Crippen LogP contribution in [0.4, 0.5) is 10.3 Å². The molecule has 0 atom stereocenters. The Hall–Kier alpha value is -3.43. The quantitative estimate of drug-likeness (QED) is 0.400. The van der Waals surface area contributed by atoms with Crippen LogP contribution in [0.25, 0.3) is 0 Å². The van der Waals surface area contributed by atoms with E-state index in [0.717, 1.165) is 11.1 Å². The van der Waals surface area contributed by atoms with Crippen LogP contribution in [-0.4, -0.2) is 30.5 Å². The van der Waals surface area contributed by atoms with Gasteiger partial charge in [-0.1, -0.05) is 29.3 Å². The van der Waals surface area contributed by atoms with E-state index in [4.69, 9.17) is 27.9 Å². The van der Waals surface area contributed by atoms with Crippen molar-refractivity contribution in [2.24, 2.45) is 0 Å². The minimum absolute atomic E-state index is 0.0605. The van der Waals surface area contributed by atoms with E-state index in [-0.39, 0.29) is 35.5 Å². The fourth-order valence-electron chi connectivity index (χ4n) is 3.12. The summed E-state index contributed by atoms with van der Waals surface area (Å²) in [7, 11) is 0. The SMILES string of the molecule is Cc1cc(OCn2ccc(C(=O)Nc3ncn(Cc4c(F)cccc4Cl)n3)n2)cc(C)c1Cl. The predicted molar refractivity (Wildman–Crippen MR) is 122 cm³/mol. The van der Waals surface area contributed by atoms with Crippen LogP contribution in [0, 0.1) is 19.7 Å². The number of aromatic nitrogens is 5. The second-order valence-electron chi connectivity index (χ2n) is 7.31. The standard InChI is InChI=1S/C22H19Cl2FN6O2/c1-13-8-15(9-14(2)20(13)24)33-12-30-7-6-19(28-30)21(32)27-22-26-11-31(29-22)10-16-17(23)4-3-5-18(16)25/h3-9,11H,10,12H2,1-2H3,(H,27,29,32). The van der Waals surface area contributed by atoms with Crippen molar-refractivity contribution in [3.63, 3.8) is 0 Å². The number of rotatable bonds is 7. The average Bonchev–Trinajstić information content (AvgIpc) is 3.43. The monoisotopic (exact) mass is 488 g/mol. The van der Waals surface area contributed by atoms with Crippen molar-refractivity contribution >= 4 is 35.1 Å². The highest BCUT2D eigenvalue weighted by molar-refractivity contribution is 6.32. The molecule has 0 saturated heterocycles. The summed E-state index contributed by atoms with van der Waals surface area (Å²) in [4.78, 5) is 16.5. The number of hydrogen-bond donors (Lipinski definition) is 1. The first kappa shape index (κ1) is 22.8. The van der Waals surface area contributed by atoms with E-state index < -0.39 is 11.7 Å². The Labute approximate surface area is 198 Å². The van der Waals surface area contributed by atoms with Crippen molar-refractivity contribution in [3.05, 3.63) is 87.2 Å². The van der Waals surface area contributed by atoms with E-state index in [0.29, 0.717) is 10.8 Å². The van der Waals surface area contributed by atoms with Crippen molar-refractivity contribution in [1.29, 1.82) is 0 Å². The third-order valence-electron chi connectivity index (χ3n) is 4.79. The van der Waals surface area contributed by atoms with Gasteiger partial charge in [0, 0.05) is 21.8 Å². The Morgan fingerprint density at radius 1 is 1.12 bits per heavy atom. The lowest BCUT2D eigenvalue weighted by Crippen LogP contribution is -2.15. The van der Waals surface area contributed by atoms with E-state index >= 15 is 0 Å². The lowest BCUT2D eigenvalue weighted by atomic mass is 10.1. The Kier molecular flexibility index (Phi) is 6.62. The number of carbonyl (C=O) groups excluding carboxylic acids is 1. The second kappa shape index (κ2) is 9.60. The molecule has 33 heavy (non-hydrogen) atoms. The summed E-state index contributed by atoms with van der Waals surface area (Å²) in [6.07, 6.45) is 3.00. The van der Waals surface area contributed by atoms with Gasteiger partial charge in [-0.25, -0.2) is 18.7 Å². The minimum atomic E-state index is -0.492. The van der Waals surface area contributed by atoms with Crippen molar-refractivity contribution in [3.8, 4) is 5.75 Å². The van der Waals surface area contributed by atoms with Crippen LogP contribution in [0.15, 0.2) is 48.9 Å². The number of nitrogens with zero attached hydrogens (tertiary/aromatic N) is 5. The fourth-order valence-corrected chi connectivity index (χ4v) is 3.46. The zero-order chi connectivity index (χ0) is 23.5. The molecule has 0 bridgehead atoms. The molecule has 0 aliphatic heterocycles. The Morgan fingerprint density at radius 2 is 1.88 bits per heavy atom. The number of benzene rings is 2. The van der Waals surface area contributed by atoms with Gasteiger partial charge in [0.1, 0.15) is 17.9 Å². The third-order valence-corrected chi connectivity index (χ3v) is 5.74. The molecule has 11 heteroatoms. The number of amides is 1. The van der Waals surface area contributed by atoms with Crippen LogP contribution in [0.3, 0.4) is 0 Å². The summed E-state index contributed by atoms with van der Waals surface area (Å²) in [5, 5.41) is 11.9. The molecule has 0 aliphatic rings. The molecule has 0 radical (unpaired) electrons. The molecule has 0 spiro atoms. The third kappa shape index (κ3) is 5.32. The van der Waals surface area contributed by atoms with Gasteiger partial charge in [0.2, 0.25) is 5.95 Å². The van der Waals surface area contributed by atoms with Gasteiger partial charge in [0.05, 0.1) is 6.54 Å². The van der Waals surface area contributed by atoms with Crippen LogP contribution < -0.4 is 10.1 Å². The van der Waals surface area contributed by atoms with Gasteiger partial charge in [-0.3, -0.25) is 10.1 Å². The van der Waals surface area contributed by atoms with Crippen molar-refractivity contribution in [1.82, 2.24) is 24.5 Å². The van der Waals surface area contributed by atoms with Crippen LogP contribution in [-0.2, 0) is 13.3 Å². The molecule has 0 unspecified atom stereocenters. The maximum Gasteiger partial charge on any atom is 0.278 e. The molecule has 2 aromatic carbocycles. The number of nitrogens with one attached hydrogen (secondary N) is 1. The first-order valence-corrected chi connectivity index (χ1v) is 10.6. The lowest BCUT2D eigenvalue weighted by molar-refractivity contribution is 0.101. The van der Waals surface area contributed by atoms with E-state index in [9.17, 15) is 9.18 Å². The van der Waals surface area contributed by atoms with Gasteiger partial charge in [0.25, 0.3) is 5.91 Å². The molecule has 2 heterocycles. The lowest BCUT2D eigenvalue weighted by Gasteiger charge is -2.10. The number of aryl methyl sites for hydroxylation is 2. The van der Waals surface area contributed by atoms with E-state index in [1.54, 1.807) is 18.3 Å². The van der Waals surface area contributed by atoms with Crippen molar-refractivity contribution in [2.45, 2.75) is 27.1 Å². The van der Waals surface area contributed by atoms with Crippen LogP contribution in [0.1, 0.15) is 27.2 Å². The molecular formula is C22H19Cl2FN6O2. The molecule has 0 saturated carbocycles. The maximum atomic E-state index is 14.0. The first-order valence-electron chi connectivity index (χ1n) is 9.87. The van der Waals surface area contributed by atoms with Gasteiger partial charge < -0.3 is 4.74 Å². The van der Waals surface area contributed by atoms with Gasteiger partial charge >= 0.3 is 0 Å². The van der Waals surface area contributed by atoms with E-state index in [2.05, 4.69) is 20.5 Å². The average molecular weight is 489 g/mol. The Bertz CT molecular complexity index is 1280. The Balaban J connectivity index is 1.36. The highest BCUT2D eigenvalue weighted by Gasteiger charge is 2.14. The maximum absolute atomic E-state index is 14.0. The summed E-state index contributed by atoms with van der Waals surface area (Å²) >= 11 is 12.2. The number of hydrogen-bond acceptors (Lipinski definition) is 5. The van der Waals surface area contributed by atoms with Crippen LogP contribution in [0.2, 0.25) is 10.0 Å². The normalized spacial score (nSPS) is 10.9. The highest BCUT2D eigenvalue weighted by atomic mass is 35.5. The van der Waals surface area contributed by atoms with E-state index in [1.165, 1.54) is 27.8 Å². The molecule has 1 N–H and O–H groups in total. The number of halogens is 3. The first-order chi connectivity index (χ1) is 15.8. The Morgan fingerprint density at radius 3 is 2.61 bits per heavy atom. The highest BCUT2D eigenvalue weighted by Crippen LogP contribution is 2.26. The van der Waals surface area contributed by atoms with Gasteiger partial charge in [-0.15, -0.1) is 5.10 Å². The minimum Gasteiger partial charge on any atom is -0.471 e. The van der Waals surface area contributed by atoms with Crippen molar-refractivity contribution in [2.75, 3.05) is 5.32 Å². The van der Waals surface area contributed by atoms with E-state index in [1.807, 2.05) is 26.0 Å². The van der Waals surface area contributed by atoms with Crippen LogP contribution in [0.5, 0.6) is 5.75 Å². The topological polar surface area (TPSA) is 86.9 Å². The smallest absolute Gasteiger partial charge is 0.278 e. The molecule has 170 valence electrons. The fraction of sp³-hybridized carbons (Fsp3) is 0.182. The van der Waals surface area contributed by atoms with Crippen LogP contribution >= 0.6 is 23.2 Å². The molecule has 0 fully saturated rings. The summed E-state index contributed by atoms with van der Waals surface area (Å²) < 4.78 is 22.6. The molecule has 4 rings (SSSR count). The molecule has 0 aliphatic carbocycles. The number of carbonyl (C=O) groups is 1. The van der Waals surface area contributed by atoms with Gasteiger partial charge in [-0.2, -0.15) is 5.10 Å². The van der Waals surface area contributed by atoms with Gasteiger partial charge in [-0.05, 0) is 55.3 Å².